The number of pyridine rings is 1. The van der Waals surface area contributed by atoms with E-state index in [0.717, 1.165) is 23.6 Å². The molecule has 0 aliphatic heterocycles. The molecular weight excluding hydrogens is 234 g/mol. The van der Waals surface area contributed by atoms with Gasteiger partial charge in [-0.3, -0.25) is 0 Å². The topological polar surface area (TPSA) is 50.9 Å². The highest BCUT2D eigenvalue weighted by atomic mass is 15.0. The summed E-state index contributed by atoms with van der Waals surface area (Å²) < 4.78 is 0. The summed E-state index contributed by atoms with van der Waals surface area (Å²) in [6.07, 6.45) is 1.07. The number of nitrogens with one attached hydrogen (secondary N) is 1. The summed E-state index contributed by atoms with van der Waals surface area (Å²) in [6, 6.07) is 12.7. The first-order valence-corrected chi connectivity index (χ1v) is 6.68. The van der Waals surface area contributed by atoms with Crippen molar-refractivity contribution in [2.45, 2.75) is 33.2 Å². The van der Waals surface area contributed by atoms with Crippen LogP contribution in [0, 0.1) is 6.92 Å². The van der Waals surface area contributed by atoms with E-state index in [0.29, 0.717) is 0 Å². The van der Waals surface area contributed by atoms with Crippen molar-refractivity contribution in [2.75, 3.05) is 11.1 Å². The molecule has 3 nitrogen and oxygen atoms in total. The minimum absolute atomic E-state index is 0.224. The fourth-order valence-corrected chi connectivity index (χ4v) is 2.00. The van der Waals surface area contributed by atoms with Crippen molar-refractivity contribution in [3.05, 3.63) is 53.2 Å². The van der Waals surface area contributed by atoms with Gasteiger partial charge in [0.05, 0.1) is 11.4 Å². The van der Waals surface area contributed by atoms with Gasteiger partial charge in [0.1, 0.15) is 5.82 Å². The summed E-state index contributed by atoms with van der Waals surface area (Å²) in [5.41, 5.74) is 9.98. The Morgan fingerprint density at radius 3 is 2.42 bits per heavy atom. The van der Waals surface area contributed by atoms with Gasteiger partial charge in [-0.15, -0.1) is 0 Å². The Morgan fingerprint density at radius 2 is 1.84 bits per heavy atom. The molecule has 0 amide bonds. The Kier molecular flexibility index (Phi) is 4.05. The highest BCUT2D eigenvalue weighted by molar-refractivity contribution is 5.49. The number of aryl methyl sites for hydroxylation is 2. The summed E-state index contributed by atoms with van der Waals surface area (Å²) >= 11 is 0. The van der Waals surface area contributed by atoms with Gasteiger partial charge < -0.3 is 11.1 Å². The molecule has 0 saturated heterocycles. The van der Waals surface area contributed by atoms with Crippen LogP contribution in [0.2, 0.25) is 0 Å². The van der Waals surface area contributed by atoms with Crippen LogP contribution < -0.4 is 11.1 Å². The van der Waals surface area contributed by atoms with Gasteiger partial charge in [-0.05, 0) is 43.5 Å². The van der Waals surface area contributed by atoms with E-state index >= 15 is 0 Å². The molecule has 0 radical (unpaired) electrons. The zero-order valence-corrected chi connectivity index (χ0v) is 11.8. The van der Waals surface area contributed by atoms with Gasteiger partial charge in [-0.25, -0.2) is 4.98 Å². The van der Waals surface area contributed by atoms with E-state index in [2.05, 4.69) is 48.4 Å². The number of hydrogen-bond acceptors (Lipinski definition) is 3. The van der Waals surface area contributed by atoms with Gasteiger partial charge in [-0.2, -0.15) is 0 Å². The fraction of sp³-hybridized carbons (Fsp3) is 0.312. The van der Waals surface area contributed by atoms with Crippen LogP contribution in [0.15, 0.2) is 36.4 Å². The smallest absolute Gasteiger partial charge is 0.126 e. The maximum Gasteiger partial charge on any atom is 0.126 e. The molecule has 1 aromatic carbocycles. The Morgan fingerprint density at radius 1 is 1.16 bits per heavy atom. The quantitative estimate of drug-likeness (QED) is 0.875. The average Bonchev–Trinajstić information content (AvgIpc) is 2.43. The standard InChI is InChI=1S/C16H21N3/c1-4-13-5-7-14(8-6-13)11(2)18-16-10-9-15(17)12(3)19-16/h5-11H,4,17H2,1-3H3,(H,18,19). The van der Waals surface area contributed by atoms with E-state index in [1.54, 1.807) is 0 Å². The number of rotatable bonds is 4. The number of benzene rings is 1. The second-order valence-corrected chi connectivity index (χ2v) is 4.83. The summed E-state index contributed by atoms with van der Waals surface area (Å²) in [6.45, 7) is 6.22. The number of anilines is 2. The molecule has 0 saturated carbocycles. The maximum absolute atomic E-state index is 5.77. The predicted molar refractivity (Wildman–Crippen MR) is 81.2 cm³/mol. The maximum atomic E-state index is 5.77. The summed E-state index contributed by atoms with van der Waals surface area (Å²) in [5, 5.41) is 3.40. The lowest BCUT2D eigenvalue weighted by Gasteiger charge is -2.16. The van der Waals surface area contributed by atoms with Crippen molar-refractivity contribution in [3.8, 4) is 0 Å². The molecule has 100 valence electrons. The first-order chi connectivity index (χ1) is 9.10. The molecule has 0 aliphatic rings. The van der Waals surface area contributed by atoms with Crippen LogP contribution >= 0.6 is 0 Å². The second kappa shape index (κ2) is 5.74. The average molecular weight is 255 g/mol. The van der Waals surface area contributed by atoms with Gasteiger partial charge in [0.15, 0.2) is 0 Å². The van der Waals surface area contributed by atoms with Crippen LogP contribution in [-0.4, -0.2) is 4.98 Å². The molecule has 3 heteroatoms. The third-order valence-electron chi connectivity index (χ3n) is 3.38. The number of aromatic nitrogens is 1. The third kappa shape index (κ3) is 3.25. The Hall–Kier alpha value is -2.03. The lowest BCUT2D eigenvalue weighted by molar-refractivity contribution is 0.871. The molecular formula is C16H21N3. The summed E-state index contributed by atoms with van der Waals surface area (Å²) in [5.74, 6) is 0.860. The number of hydrogen-bond donors (Lipinski definition) is 2. The molecule has 3 N–H and O–H groups in total. The molecule has 0 bridgehead atoms. The Labute approximate surface area is 114 Å². The Balaban J connectivity index is 2.10. The molecule has 1 unspecified atom stereocenters. The molecule has 1 heterocycles. The van der Waals surface area contributed by atoms with Crippen molar-refractivity contribution < 1.29 is 0 Å². The largest absolute Gasteiger partial charge is 0.397 e. The zero-order valence-electron chi connectivity index (χ0n) is 11.8. The van der Waals surface area contributed by atoms with E-state index in [-0.39, 0.29) is 6.04 Å². The van der Waals surface area contributed by atoms with Crippen LogP contribution in [0.5, 0.6) is 0 Å². The van der Waals surface area contributed by atoms with Crippen molar-refractivity contribution in [1.29, 1.82) is 0 Å². The van der Waals surface area contributed by atoms with Crippen molar-refractivity contribution >= 4 is 11.5 Å². The van der Waals surface area contributed by atoms with Crippen LogP contribution in [0.25, 0.3) is 0 Å². The predicted octanol–water partition coefficient (Wildman–Crippen LogP) is 3.71. The second-order valence-electron chi connectivity index (χ2n) is 4.83. The van der Waals surface area contributed by atoms with Gasteiger partial charge in [0.2, 0.25) is 0 Å². The van der Waals surface area contributed by atoms with Gasteiger partial charge in [-0.1, -0.05) is 31.2 Å². The highest BCUT2D eigenvalue weighted by Gasteiger charge is 2.06. The summed E-state index contributed by atoms with van der Waals surface area (Å²) in [4.78, 5) is 4.44. The normalized spacial score (nSPS) is 12.2. The monoisotopic (exact) mass is 255 g/mol. The van der Waals surface area contributed by atoms with Gasteiger partial charge in [0.25, 0.3) is 0 Å². The van der Waals surface area contributed by atoms with Crippen molar-refractivity contribution in [2.24, 2.45) is 0 Å². The molecule has 0 aliphatic carbocycles. The van der Waals surface area contributed by atoms with Crippen LogP contribution in [0.1, 0.15) is 36.7 Å². The first kappa shape index (κ1) is 13.4. The lowest BCUT2D eigenvalue weighted by Crippen LogP contribution is -2.08. The third-order valence-corrected chi connectivity index (χ3v) is 3.38. The highest BCUT2D eigenvalue weighted by Crippen LogP contribution is 2.20. The molecule has 2 aromatic rings. The minimum Gasteiger partial charge on any atom is -0.397 e. The molecule has 1 atom stereocenters. The van der Waals surface area contributed by atoms with Crippen LogP contribution in [0.3, 0.4) is 0 Å². The van der Waals surface area contributed by atoms with Gasteiger partial charge in [0, 0.05) is 6.04 Å². The van der Waals surface area contributed by atoms with E-state index < -0.39 is 0 Å². The number of nitrogen functional groups attached to an aromatic ring is 1. The molecule has 1 aromatic heterocycles. The van der Waals surface area contributed by atoms with E-state index in [1.165, 1.54) is 11.1 Å². The van der Waals surface area contributed by atoms with Gasteiger partial charge >= 0.3 is 0 Å². The molecule has 0 spiro atoms. The van der Waals surface area contributed by atoms with E-state index in [4.69, 9.17) is 5.73 Å². The zero-order chi connectivity index (χ0) is 13.8. The summed E-state index contributed by atoms with van der Waals surface area (Å²) in [7, 11) is 0. The molecule has 19 heavy (non-hydrogen) atoms. The number of nitrogens with zero attached hydrogens (tertiary/aromatic N) is 1. The van der Waals surface area contributed by atoms with Crippen molar-refractivity contribution in [3.63, 3.8) is 0 Å². The van der Waals surface area contributed by atoms with Crippen LogP contribution in [-0.2, 0) is 6.42 Å². The number of nitrogens with two attached hydrogens (primary N) is 1. The Bertz CT molecular complexity index is 546. The fourth-order valence-electron chi connectivity index (χ4n) is 2.00. The molecule has 0 fully saturated rings. The SMILES string of the molecule is CCc1ccc(C(C)Nc2ccc(N)c(C)n2)cc1. The molecule has 2 rings (SSSR count). The lowest BCUT2D eigenvalue weighted by atomic mass is 10.1. The van der Waals surface area contributed by atoms with E-state index in [1.807, 2.05) is 19.1 Å². The van der Waals surface area contributed by atoms with Crippen molar-refractivity contribution in [1.82, 2.24) is 4.98 Å². The first-order valence-electron chi connectivity index (χ1n) is 6.68. The van der Waals surface area contributed by atoms with Crippen LogP contribution in [0.4, 0.5) is 11.5 Å². The minimum atomic E-state index is 0.224. The van der Waals surface area contributed by atoms with E-state index in [9.17, 15) is 0 Å².